The Hall–Kier alpha value is -3.01. The van der Waals surface area contributed by atoms with Crippen molar-refractivity contribution in [3.05, 3.63) is 46.2 Å². The molecule has 0 radical (unpaired) electrons. The zero-order chi connectivity index (χ0) is 20.8. The fraction of sp³-hybridized carbons (Fsp3) is 0.200. The monoisotopic (exact) mass is 441 g/mol. The van der Waals surface area contributed by atoms with Crippen LogP contribution in [0.1, 0.15) is 22.2 Å². The minimum atomic E-state index is -0.284. The number of ether oxygens (including phenoxy) is 1. The molecule has 10 heteroatoms. The third kappa shape index (κ3) is 3.20. The number of amides is 1. The van der Waals surface area contributed by atoms with Crippen LogP contribution in [-0.4, -0.2) is 38.6 Å². The number of pyridine rings is 1. The summed E-state index contributed by atoms with van der Waals surface area (Å²) in [6.07, 6.45) is 1.41. The van der Waals surface area contributed by atoms with Crippen molar-refractivity contribution in [2.45, 2.75) is 19.6 Å². The van der Waals surface area contributed by atoms with Crippen LogP contribution in [0.15, 0.2) is 30.5 Å². The van der Waals surface area contributed by atoms with Gasteiger partial charge in [-0.25, -0.2) is 9.97 Å². The number of nitrogens with one attached hydrogen (secondary N) is 2. The summed E-state index contributed by atoms with van der Waals surface area (Å²) < 4.78 is 6.77. The third-order valence-electron chi connectivity index (χ3n) is 4.83. The van der Waals surface area contributed by atoms with E-state index in [1.807, 2.05) is 25.1 Å². The molecular weight excluding hydrogens is 426 g/mol. The molecule has 0 saturated heterocycles. The zero-order valence-corrected chi connectivity index (χ0v) is 17.3. The summed E-state index contributed by atoms with van der Waals surface area (Å²) in [5.74, 6) is 0.399. The molecule has 3 aromatic heterocycles. The SMILES string of the molecule is C[C@@H]1CNc2c(sc3ccc4nc(Oc5nc(Cl)ncc5CO)ccc4c23)C(=O)N1. The van der Waals surface area contributed by atoms with E-state index < -0.39 is 0 Å². The van der Waals surface area contributed by atoms with Gasteiger partial charge in [0.05, 0.1) is 23.4 Å². The maximum absolute atomic E-state index is 12.5. The first-order valence-electron chi connectivity index (χ1n) is 9.24. The Balaban J connectivity index is 1.60. The van der Waals surface area contributed by atoms with Gasteiger partial charge >= 0.3 is 0 Å². The summed E-state index contributed by atoms with van der Waals surface area (Å²) in [5.41, 5.74) is 1.96. The van der Waals surface area contributed by atoms with Crippen LogP contribution < -0.4 is 15.4 Å². The Morgan fingerprint density at radius 1 is 1.30 bits per heavy atom. The van der Waals surface area contributed by atoms with Crippen molar-refractivity contribution < 1.29 is 14.6 Å². The fourth-order valence-corrected chi connectivity index (χ4v) is 4.65. The van der Waals surface area contributed by atoms with E-state index in [9.17, 15) is 9.90 Å². The minimum absolute atomic E-state index is 0.0178. The predicted octanol–water partition coefficient (Wildman–Crippen LogP) is 3.72. The Bertz CT molecular complexity index is 1310. The number of carbonyl (C=O) groups excluding carboxylic acids is 1. The molecule has 0 bridgehead atoms. The quantitative estimate of drug-likeness (QED) is 0.415. The lowest BCUT2D eigenvalue weighted by atomic mass is 10.1. The molecule has 3 N–H and O–H groups in total. The highest BCUT2D eigenvalue weighted by atomic mass is 35.5. The van der Waals surface area contributed by atoms with Crippen LogP contribution in [-0.2, 0) is 6.61 Å². The van der Waals surface area contributed by atoms with Gasteiger partial charge in [0.25, 0.3) is 5.91 Å². The van der Waals surface area contributed by atoms with Gasteiger partial charge in [0.15, 0.2) is 0 Å². The maximum Gasteiger partial charge on any atom is 0.263 e. The Labute approximate surface area is 179 Å². The predicted molar refractivity (Wildman–Crippen MR) is 116 cm³/mol. The first-order valence-corrected chi connectivity index (χ1v) is 10.4. The first kappa shape index (κ1) is 19.0. The fourth-order valence-electron chi connectivity index (χ4n) is 3.43. The van der Waals surface area contributed by atoms with Gasteiger partial charge in [-0.15, -0.1) is 11.3 Å². The van der Waals surface area contributed by atoms with E-state index in [1.54, 1.807) is 6.07 Å². The molecule has 0 unspecified atom stereocenters. The number of hydrogen-bond donors (Lipinski definition) is 3. The van der Waals surface area contributed by atoms with Crippen molar-refractivity contribution in [3.63, 3.8) is 0 Å². The largest absolute Gasteiger partial charge is 0.420 e. The molecule has 1 aliphatic rings. The van der Waals surface area contributed by atoms with E-state index >= 15 is 0 Å². The molecule has 152 valence electrons. The van der Waals surface area contributed by atoms with Gasteiger partial charge in [-0.1, -0.05) is 0 Å². The van der Waals surface area contributed by atoms with Gasteiger partial charge in [0.2, 0.25) is 17.0 Å². The molecule has 8 nitrogen and oxygen atoms in total. The van der Waals surface area contributed by atoms with E-state index in [2.05, 4.69) is 25.6 Å². The highest BCUT2D eigenvalue weighted by Gasteiger charge is 2.24. The van der Waals surface area contributed by atoms with E-state index in [-0.39, 0.29) is 29.7 Å². The first-order chi connectivity index (χ1) is 14.5. The van der Waals surface area contributed by atoms with Crippen molar-refractivity contribution >= 4 is 55.5 Å². The molecule has 5 rings (SSSR count). The number of rotatable bonds is 3. The van der Waals surface area contributed by atoms with Gasteiger partial charge < -0.3 is 20.5 Å². The molecular formula is C20H16ClN5O3S. The molecule has 0 fully saturated rings. The van der Waals surface area contributed by atoms with Crippen molar-refractivity contribution in [2.24, 2.45) is 0 Å². The van der Waals surface area contributed by atoms with Crippen molar-refractivity contribution in [3.8, 4) is 11.8 Å². The van der Waals surface area contributed by atoms with Gasteiger partial charge in [-0.2, -0.15) is 4.98 Å². The topological polar surface area (TPSA) is 109 Å². The third-order valence-corrected chi connectivity index (χ3v) is 6.17. The van der Waals surface area contributed by atoms with Gasteiger partial charge in [-0.3, -0.25) is 4.79 Å². The summed E-state index contributed by atoms with van der Waals surface area (Å²) in [6, 6.07) is 7.51. The minimum Gasteiger partial charge on any atom is -0.420 e. The summed E-state index contributed by atoms with van der Waals surface area (Å²) in [4.78, 5) is 25.7. The van der Waals surface area contributed by atoms with Crippen LogP contribution in [0.25, 0.3) is 21.0 Å². The average Bonchev–Trinajstić information content (AvgIpc) is 3.05. The zero-order valence-electron chi connectivity index (χ0n) is 15.8. The Morgan fingerprint density at radius 3 is 3.00 bits per heavy atom. The number of hydrogen-bond acceptors (Lipinski definition) is 8. The standard InChI is InChI=1S/C20H16ClN5O3S/c1-9-6-22-16-15-11-2-5-14(29-19-10(8-27)7-23-20(21)26-19)25-12(11)3-4-13(15)30-17(16)18(28)24-9/h2-5,7,9,22,27H,6,8H2,1H3,(H,24,28)/t9-/m1/s1. The highest BCUT2D eigenvalue weighted by molar-refractivity contribution is 7.21. The van der Waals surface area contributed by atoms with Crippen LogP contribution in [0, 0.1) is 0 Å². The normalized spacial score (nSPS) is 16.1. The lowest BCUT2D eigenvalue weighted by Crippen LogP contribution is -2.34. The van der Waals surface area contributed by atoms with Crippen LogP contribution in [0.4, 0.5) is 5.69 Å². The van der Waals surface area contributed by atoms with Crippen molar-refractivity contribution in [1.29, 1.82) is 0 Å². The number of nitrogens with zero attached hydrogens (tertiary/aromatic N) is 3. The smallest absolute Gasteiger partial charge is 0.263 e. The molecule has 0 aliphatic carbocycles. The molecule has 4 aromatic rings. The Morgan fingerprint density at radius 2 is 2.17 bits per heavy atom. The number of carbonyl (C=O) groups is 1. The summed E-state index contributed by atoms with van der Waals surface area (Å²) >= 11 is 7.31. The maximum atomic E-state index is 12.5. The second-order valence-electron chi connectivity index (χ2n) is 6.95. The lowest BCUT2D eigenvalue weighted by Gasteiger charge is -2.11. The number of benzene rings is 1. The molecule has 30 heavy (non-hydrogen) atoms. The number of anilines is 1. The summed E-state index contributed by atoms with van der Waals surface area (Å²) in [6.45, 7) is 2.33. The van der Waals surface area contributed by atoms with Crippen LogP contribution in [0.3, 0.4) is 0 Å². The molecule has 1 atom stereocenters. The van der Waals surface area contributed by atoms with Gasteiger partial charge in [0.1, 0.15) is 4.88 Å². The van der Waals surface area contributed by atoms with Crippen LogP contribution in [0.5, 0.6) is 11.8 Å². The van der Waals surface area contributed by atoms with Gasteiger partial charge in [-0.05, 0) is 36.7 Å². The lowest BCUT2D eigenvalue weighted by molar-refractivity contribution is 0.0949. The average molecular weight is 442 g/mol. The van der Waals surface area contributed by atoms with Crippen LogP contribution in [0.2, 0.25) is 5.28 Å². The van der Waals surface area contributed by atoms with E-state index in [0.29, 0.717) is 28.4 Å². The number of aliphatic hydroxyl groups is 1. The van der Waals surface area contributed by atoms with Crippen molar-refractivity contribution in [1.82, 2.24) is 20.3 Å². The summed E-state index contributed by atoms with van der Waals surface area (Å²) in [7, 11) is 0. The van der Waals surface area contributed by atoms with Crippen LogP contribution >= 0.6 is 22.9 Å². The summed E-state index contributed by atoms with van der Waals surface area (Å²) in [5, 5.41) is 17.8. The number of aliphatic hydroxyl groups excluding tert-OH is 1. The molecule has 1 aromatic carbocycles. The van der Waals surface area contributed by atoms with Gasteiger partial charge in [0, 0.05) is 40.3 Å². The number of thiophene rings is 1. The molecule has 0 saturated carbocycles. The van der Waals surface area contributed by atoms with E-state index in [0.717, 1.165) is 21.2 Å². The van der Waals surface area contributed by atoms with E-state index in [4.69, 9.17) is 16.3 Å². The number of halogens is 1. The molecule has 1 aliphatic heterocycles. The van der Waals surface area contributed by atoms with Crippen molar-refractivity contribution in [2.75, 3.05) is 11.9 Å². The number of fused-ring (bicyclic) bond motifs is 5. The molecule has 4 heterocycles. The Kier molecular flexibility index (Phi) is 4.65. The number of aromatic nitrogens is 3. The highest BCUT2D eigenvalue weighted by Crippen LogP contribution is 2.41. The molecule has 1 amide bonds. The van der Waals surface area contributed by atoms with E-state index in [1.165, 1.54) is 17.5 Å². The second kappa shape index (κ2) is 7.35. The second-order valence-corrected chi connectivity index (χ2v) is 8.34. The molecule has 0 spiro atoms.